The number of aromatic nitrogens is 1. The van der Waals surface area contributed by atoms with Gasteiger partial charge in [0.05, 0.1) is 24.4 Å². The zero-order valence-electron chi connectivity index (χ0n) is 10.9. The molecule has 0 bridgehead atoms. The van der Waals surface area contributed by atoms with Crippen LogP contribution in [0.2, 0.25) is 0 Å². The molecule has 4 N–H and O–H groups in total. The van der Waals surface area contributed by atoms with Crippen LogP contribution in [0.4, 0.5) is 0 Å². The molecule has 1 aliphatic heterocycles. The van der Waals surface area contributed by atoms with E-state index in [-0.39, 0.29) is 17.9 Å². The molecule has 1 saturated carbocycles. The summed E-state index contributed by atoms with van der Waals surface area (Å²) in [4.78, 5) is 24.7. The lowest BCUT2D eigenvalue weighted by atomic mass is 9.97. The van der Waals surface area contributed by atoms with Gasteiger partial charge in [-0.3, -0.25) is 14.6 Å². The van der Waals surface area contributed by atoms with Gasteiger partial charge < -0.3 is 20.9 Å². The SMILES string of the molecule is NC1(C(=O)NC2(c3ccccn3)CC2)COC1.O=CO. The highest BCUT2D eigenvalue weighted by molar-refractivity contribution is 5.88. The Balaban J connectivity index is 0.000000452. The largest absolute Gasteiger partial charge is 0.483 e. The molecule has 2 aliphatic rings. The number of carboxylic acid groups (broad SMARTS) is 1. The van der Waals surface area contributed by atoms with Gasteiger partial charge in [0.25, 0.3) is 6.47 Å². The first-order valence-electron chi connectivity index (χ1n) is 6.25. The van der Waals surface area contributed by atoms with Gasteiger partial charge in [-0.2, -0.15) is 0 Å². The van der Waals surface area contributed by atoms with Crippen molar-refractivity contribution in [1.29, 1.82) is 0 Å². The van der Waals surface area contributed by atoms with E-state index >= 15 is 0 Å². The molecule has 0 spiro atoms. The summed E-state index contributed by atoms with van der Waals surface area (Å²) < 4.78 is 5.00. The van der Waals surface area contributed by atoms with Crippen molar-refractivity contribution in [3.63, 3.8) is 0 Å². The first kappa shape index (κ1) is 14.4. The molecule has 7 nitrogen and oxygen atoms in total. The fraction of sp³-hybridized carbons (Fsp3) is 0.462. The summed E-state index contributed by atoms with van der Waals surface area (Å²) in [6.07, 6.45) is 3.59. The van der Waals surface area contributed by atoms with Gasteiger partial charge in [0.15, 0.2) is 0 Å². The van der Waals surface area contributed by atoms with E-state index in [9.17, 15) is 4.79 Å². The Morgan fingerprint density at radius 1 is 1.45 bits per heavy atom. The van der Waals surface area contributed by atoms with E-state index in [4.69, 9.17) is 20.4 Å². The van der Waals surface area contributed by atoms with Crippen molar-refractivity contribution in [2.75, 3.05) is 13.2 Å². The molecule has 20 heavy (non-hydrogen) atoms. The highest BCUT2D eigenvalue weighted by atomic mass is 16.5. The molecule has 0 radical (unpaired) electrons. The molecule has 1 amide bonds. The second-order valence-electron chi connectivity index (χ2n) is 5.01. The third-order valence-electron chi connectivity index (χ3n) is 3.43. The first-order valence-corrected chi connectivity index (χ1v) is 6.25. The molecule has 3 rings (SSSR count). The van der Waals surface area contributed by atoms with Crippen LogP contribution in [0.25, 0.3) is 0 Å². The second-order valence-corrected chi connectivity index (χ2v) is 5.01. The maximum atomic E-state index is 12.0. The fourth-order valence-electron chi connectivity index (χ4n) is 2.01. The number of nitrogens with two attached hydrogens (primary N) is 1. The van der Waals surface area contributed by atoms with Crippen molar-refractivity contribution in [2.24, 2.45) is 5.73 Å². The van der Waals surface area contributed by atoms with Crippen molar-refractivity contribution in [3.05, 3.63) is 30.1 Å². The highest BCUT2D eigenvalue weighted by Gasteiger charge is 2.51. The van der Waals surface area contributed by atoms with Crippen molar-refractivity contribution < 1.29 is 19.4 Å². The van der Waals surface area contributed by atoms with Gasteiger partial charge >= 0.3 is 0 Å². The van der Waals surface area contributed by atoms with Crippen LogP contribution in [-0.4, -0.2) is 41.2 Å². The molecule has 2 fully saturated rings. The van der Waals surface area contributed by atoms with Crippen molar-refractivity contribution in [1.82, 2.24) is 10.3 Å². The molecule has 0 unspecified atom stereocenters. The number of hydrogen-bond donors (Lipinski definition) is 3. The van der Waals surface area contributed by atoms with E-state index in [1.165, 1.54) is 0 Å². The number of carbonyl (C=O) groups excluding carboxylic acids is 1. The molecule has 1 aromatic rings. The van der Waals surface area contributed by atoms with Gasteiger partial charge in [0, 0.05) is 6.20 Å². The van der Waals surface area contributed by atoms with Gasteiger partial charge in [0.2, 0.25) is 5.91 Å². The smallest absolute Gasteiger partial charge is 0.290 e. The Morgan fingerprint density at radius 3 is 2.50 bits per heavy atom. The topological polar surface area (TPSA) is 115 Å². The molecule has 0 atom stereocenters. The molecule has 108 valence electrons. The number of rotatable bonds is 3. The maximum absolute atomic E-state index is 12.0. The lowest BCUT2D eigenvalue weighted by Crippen LogP contribution is -2.67. The van der Waals surface area contributed by atoms with E-state index in [1.807, 2.05) is 18.2 Å². The average molecular weight is 279 g/mol. The Bertz CT molecular complexity index is 484. The lowest BCUT2D eigenvalue weighted by molar-refractivity contribution is -0.144. The van der Waals surface area contributed by atoms with Crippen LogP contribution in [-0.2, 0) is 19.9 Å². The third kappa shape index (κ3) is 2.78. The van der Waals surface area contributed by atoms with Crippen LogP contribution in [0.15, 0.2) is 24.4 Å². The normalized spacial score (nSPS) is 20.6. The molecular formula is C13H17N3O4. The quantitative estimate of drug-likeness (QED) is 0.649. The number of amides is 1. The number of nitrogens with zero attached hydrogens (tertiary/aromatic N) is 1. The van der Waals surface area contributed by atoms with Gasteiger partial charge in [-0.25, -0.2) is 0 Å². The third-order valence-corrected chi connectivity index (χ3v) is 3.43. The second kappa shape index (κ2) is 5.56. The molecule has 0 aromatic carbocycles. The fourth-order valence-corrected chi connectivity index (χ4v) is 2.01. The summed E-state index contributed by atoms with van der Waals surface area (Å²) in [5, 5.41) is 9.91. The molecule has 2 heterocycles. The van der Waals surface area contributed by atoms with E-state index in [0.717, 1.165) is 18.5 Å². The van der Waals surface area contributed by atoms with Crippen LogP contribution in [0.5, 0.6) is 0 Å². The Hall–Kier alpha value is -1.99. The van der Waals surface area contributed by atoms with Crippen LogP contribution in [0.3, 0.4) is 0 Å². The summed E-state index contributed by atoms with van der Waals surface area (Å²) in [5.74, 6) is -0.132. The standard InChI is InChI=1S/C12H15N3O2.CH2O2/c13-11(7-17-8-11)10(16)15-12(4-5-12)9-3-1-2-6-14-9;2-1-3/h1-3,6H,4-5,7-8,13H2,(H,15,16);1H,(H,2,3). The Morgan fingerprint density at radius 2 is 2.10 bits per heavy atom. The Kier molecular flexibility index (Phi) is 4.01. The zero-order valence-corrected chi connectivity index (χ0v) is 10.9. The van der Waals surface area contributed by atoms with Gasteiger partial charge in [0.1, 0.15) is 5.54 Å². The Labute approximate surface area is 116 Å². The molecule has 1 saturated heterocycles. The van der Waals surface area contributed by atoms with E-state index in [2.05, 4.69) is 10.3 Å². The van der Waals surface area contributed by atoms with Gasteiger partial charge in [-0.15, -0.1) is 0 Å². The monoisotopic (exact) mass is 279 g/mol. The summed E-state index contributed by atoms with van der Waals surface area (Å²) >= 11 is 0. The lowest BCUT2D eigenvalue weighted by Gasteiger charge is -2.37. The van der Waals surface area contributed by atoms with Crippen molar-refractivity contribution in [2.45, 2.75) is 23.9 Å². The number of pyridine rings is 1. The molecular weight excluding hydrogens is 262 g/mol. The predicted octanol–water partition coefficient (Wildman–Crippen LogP) is -0.385. The minimum atomic E-state index is -0.843. The van der Waals surface area contributed by atoms with E-state index in [0.29, 0.717) is 13.2 Å². The summed E-state index contributed by atoms with van der Waals surface area (Å²) in [6.45, 7) is 0.355. The van der Waals surface area contributed by atoms with E-state index in [1.54, 1.807) is 6.20 Å². The van der Waals surface area contributed by atoms with Crippen LogP contribution < -0.4 is 11.1 Å². The average Bonchev–Trinajstić information content (AvgIpc) is 3.19. The minimum Gasteiger partial charge on any atom is -0.483 e. The molecule has 1 aromatic heterocycles. The first-order chi connectivity index (χ1) is 9.56. The highest BCUT2D eigenvalue weighted by Crippen LogP contribution is 2.44. The summed E-state index contributed by atoms with van der Waals surface area (Å²) in [7, 11) is 0. The number of nitrogens with one attached hydrogen (secondary N) is 1. The zero-order chi connectivity index (χ0) is 14.6. The maximum Gasteiger partial charge on any atom is 0.290 e. The molecule has 1 aliphatic carbocycles. The van der Waals surface area contributed by atoms with Crippen molar-refractivity contribution in [3.8, 4) is 0 Å². The van der Waals surface area contributed by atoms with Crippen LogP contribution >= 0.6 is 0 Å². The predicted molar refractivity (Wildman–Crippen MR) is 69.7 cm³/mol. The number of carbonyl (C=O) groups is 2. The molecule has 7 heteroatoms. The van der Waals surface area contributed by atoms with Crippen LogP contribution in [0.1, 0.15) is 18.5 Å². The van der Waals surface area contributed by atoms with Gasteiger partial charge in [-0.1, -0.05) is 6.07 Å². The van der Waals surface area contributed by atoms with E-state index < -0.39 is 5.54 Å². The number of ether oxygens (including phenoxy) is 1. The number of hydrogen-bond acceptors (Lipinski definition) is 5. The summed E-state index contributed by atoms with van der Waals surface area (Å²) in [6, 6.07) is 5.73. The summed E-state index contributed by atoms with van der Waals surface area (Å²) in [5.41, 5.74) is 5.68. The van der Waals surface area contributed by atoms with Crippen molar-refractivity contribution >= 4 is 12.4 Å². The minimum absolute atomic E-state index is 0.132. The van der Waals surface area contributed by atoms with Crippen LogP contribution in [0, 0.1) is 0 Å². The van der Waals surface area contributed by atoms with Gasteiger partial charge in [-0.05, 0) is 25.0 Å².